The molecule has 0 N–H and O–H groups in total. The Hall–Kier alpha value is -2.95. The minimum absolute atomic E-state index is 0.0328. The van der Waals surface area contributed by atoms with Gasteiger partial charge in [-0.2, -0.15) is 4.98 Å². The number of anilines is 1. The smallest absolute Gasteiger partial charge is 0.258 e. The van der Waals surface area contributed by atoms with Crippen LogP contribution in [0.3, 0.4) is 0 Å². The first kappa shape index (κ1) is 15.0. The summed E-state index contributed by atoms with van der Waals surface area (Å²) in [6.45, 7) is 4.31. The van der Waals surface area contributed by atoms with Crippen molar-refractivity contribution in [1.29, 1.82) is 0 Å². The van der Waals surface area contributed by atoms with Gasteiger partial charge in [-0.15, -0.1) is 0 Å². The van der Waals surface area contributed by atoms with Crippen LogP contribution in [-0.2, 0) is 0 Å². The van der Waals surface area contributed by atoms with Crippen LogP contribution in [0.4, 0.5) is 5.69 Å². The van der Waals surface area contributed by atoms with Gasteiger partial charge in [0.15, 0.2) is 0 Å². The maximum absolute atomic E-state index is 12.7. The topological polar surface area (TPSA) is 59.2 Å². The van der Waals surface area contributed by atoms with E-state index in [0.717, 1.165) is 11.3 Å². The van der Waals surface area contributed by atoms with Gasteiger partial charge >= 0.3 is 0 Å². The third-order valence-corrected chi connectivity index (χ3v) is 3.55. The van der Waals surface area contributed by atoms with Crippen LogP contribution < -0.4 is 4.90 Å². The van der Waals surface area contributed by atoms with E-state index in [1.807, 2.05) is 49.4 Å². The summed E-state index contributed by atoms with van der Waals surface area (Å²) in [5.74, 6) is 1.01. The molecule has 5 heteroatoms. The predicted molar refractivity (Wildman–Crippen MR) is 88.3 cm³/mol. The first-order valence-corrected chi connectivity index (χ1v) is 7.46. The van der Waals surface area contributed by atoms with Gasteiger partial charge in [-0.05, 0) is 31.2 Å². The van der Waals surface area contributed by atoms with Crippen LogP contribution in [0.15, 0.2) is 59.1 Å². The Kier molecular flexibility index (Phi) is 4.19. The van der Waals surface area contributed by atoms with Crippen molar-refractivity contribution in [1.82, 2.24) is 10.1 Å². The van der Waals surface area contributed by atoms with E-state index >= 15 is 0 Å². The van der Waals surface area contributed by atoms with Gasteiger partial charge in [-0.1, -0.05) is 35.5 Å². The van der Waals surface area contributed by atoms with Crippen LogP contribution in [0.2, 0.25) is 0 Å². The number of aromatic nitrogens is 2. The molecule has 0 unspecified atom stereocenters. The van der Waals surface area contributed by atoms with Crippen molar-refractivity contribution in [2.45, 2.75) is 13.8 Å². The van der Waals surface area contributed by atoms with Gasteiger partial charge in [-0.25, -0.2) is 0 Å². The van der Waals surface area contributed by atoms with Gasteiger partial charge in [-0.3, -0.25) is 4.79 Å². The Morgan fingerprint density at radius 3 is 2.35 bits per heavy atom. The Bertz CT molecular complexity index is 795. The number of carbonyl (C=O) groups excluding carboxylic acids is 1. The lowest BCUT2D eigenvalue weighted by Crippen LogP contribution is -2.30. The monoisotopic (exact) mass is 307 g/mol. The van der Waals surface area contributed by atoms with Crippen molar-refractivity contribution in [2.24, 2.45) is 0 Å². The van der Waals surface area contributed by atoms with Crippen molar-refractivity contribution >= 4 is 11.6 Å². The zero-order valence-corrected chi connectivity index (χ0v) is 13.1. The largest absolute Gasteiger partial charge is 0.339 e. The fraction of sp³-hybridized carbons (Fsp3) is 0.167. The average Bonchev–Trinajstić information content (AvgIpc) is 3.03. The van der Waals surface area contributed by atoms with Crippen LogP contribution >= 0.6 is 0 Å². The lowest BCUT2D eigenvalue weighted by Gasteiger charge is -2.21. The molecule has 116 valence electrons. The van der Waals surface area contributed by atoms with Crippen molar-refractivity contribution in [2.75, 3.05) is 11.4 Å². The summed E-state index contributed by atoms with van der Waals surface area (Å²) in [4.78, 5) is 18.6. The highest BCUT2D eigenvalue weighted by atomic mass is 16.5. The summed E-state index contributed by atoms with van der Waals surface area (Å²) in [5, 5.41) is 3.88. The van der Waals surface area contributed by atoms with E-state index in [0.29, 0.717) is 23.8 Å². The van der Waals surface area contributed by atoms with Crippen molar-refractivity contribution < 1.29 is 9.32 Å². The van der Waals surface area contributed by atoms with Crippen LogP contribution in [-0.4, -0.2) is 22.6 Å². The fourth-order valence-corrected chi connectivity index (χ4v) is 2.39. The molecule has 0 aliphatic carbocycles. The second kappa shape index (κ2) is 6.44. The number of amides is 1. The average molecular weight is 307 g/mol. The first-order valence-electron chi connectivity index (χ1n) is 7.46. The zero-order valence-electron chi connectivity index (χ0n) is 13.1. The predicted octanol–water partition coefficient (Wildman–Crippen LogP) is 3.71. The second-order valence-corrected chi connectivity index (χ2v) is 5.10. The molecule has 1 aromatic heterocycles. The van der Waals surface area contributed by atoms with Crippen LogP contribution in [0.25, 0.3) is 11.4 Å². The molecule has 1 heterocycles. The molecule has 1 amide bonds. The minimum atomic E-state index is -0.0328. The van der Waals surface area contributed by atoms with E-state index in [-0.39, 0.29) is 5.91 Å². The van der Waals surface area contributed by atoms with Crippen LogP contribution in [0, 0.1) is 6.92 Å². The molecule has 0 atom stereocenters. The molecule has 2 aromatic carbocycles. The molecule has 0 spiro atoms. The zero-order chi connectivity index (χ0) is 16.2. The summed E-state index contributed by atoms with van der Waals surface area (Å²) < 4.78 is 4.97. The van der Waals surface area contributed by atoms with Gasteiger partial charge in [0, 0.05) is 30.3 Å². The number of hydrogen-bond donors (Lipinski definition) is 0. The molecule has 0 aliphatic rings. The van der Waals surface area contributed by atoms with E-state index < -0.39 is 0 Å². The third-order valence-electron chi connectivity index (χ3n) is 3.55. The van der Waals surface area contributed by atoms with E-state index in [2.05, 4.69) is 10.1 Å². The Morgan fingerprint density at radius 1 is 1.09 bits per heavy atom. The highest BCUT2D eigenvalue weighted by Crippen LogP contribution is 2.20. The van der Waals surface area contributed by atoms with Crippen LogP contribution in [0.5, 0.6) is 0 Å². The standard InChI is InChI=1S/C18H17N3O2/c1-3-21(16-7-5-4-6-8-16)18(22)15-11-9-14(10-12-15)17-19-13(2)23-20-17/h4-12H,3H2,1-2H3. The fourth-order valence-electron chi connectivity index (χ4n) is 2.39. The second-order valence-electron chi connectivity index (χ2n) is 5.10. The van der Waals surface area contributed by atoms with Gasteiger partial charge in [0.2, 0.25) is 11.7 Å². The highest BCUT2D eigenvalue weighted by molar-refractivity contribution is 6.06. The Morgan fingerprint density at radius 2 is 1.78 bits per heavy atom. The number of aryl methyl sites for hydroxylation is 1. The Labute approximate surface area is 134 Å². The molecule has 3 aromatic rings. The number of carbonyl (C=O) groups is 1. The van der Waals surface area contributed by atoms with Crippen molar-refractivity contribution in [3.8, 4) is 11.4 Å². The van der Waals surface area contributed by atoms with Crippen LogP contribution in [0.1, 0.15) is 23.2 Å². The van der Waals surface area contributed by atoms with Gasteiger partial charge in [0.25, 0.3) is 5.91 Å². The van der Waals surface area contributed by atoms with Gasteiger partial charge in [0.05, 0.1) is 0 Å². The number of benzene rings is 2. The lowest BCUT2D eigenvalue weighted by molar-refractivity contribution is 0.0988. The molecular weight excluding hydrogens is 290 g/mol. The highest BCUT2D eigenvalue weighted by Gasteiger charge is 2.16. The molecule has 23 heavy (non-hydrogen) atoms. The van der Waals surface area contributed by atoms with E-state index in [1.54, 1.807) is 24.0 Å². The number of nitrogens with zero attached hydrogens (tertiary/aromatic N) is 3. The SMILES string of the molecule is CCN(C(=O)c1ccc(-c2noc(C)n2)cc1)c1ccccc1. The molecule has 0 saturated heterocycles. The first-order chi connectivity index (χ1) is 11.2. The molecule has 0 aliphatic heterocycles. The lowest BCUT2D eigenvalue weighted by atomic mass is 10.1. The molecule has 5 nitrogen and oxygen atoms in total. The van der Waals surface area contributed by atoms with E-state index in [9.17, 15) is 4.79 Å². The quantitative estimate of drug-likeness (QED) is 0.737. The molecule has 3 rings (SSSR count). The molecular formula is C18H17N3O2. The minimum Gasteiger partial charge on any atom is -0.339 e. The summed E-state index contributed by atoms with van der Waals surface area (Å²) in [6, 6.07) is 16.9. The summed E-state index contributed by atoms with van der Waals surface area (Å²) in [5.41, 5.74) is 2.33. The third kappa shape index (κ3) is 3.13. The molecule has 0 saturated carbocycles. The van der Waals surface area contributed by atoms with E-state index in [4.69, 9.17) is 4.52 Å². The summed E-state index contributed by atoms with van der Waals surface area (Å²) in [7, 11) is 0. The van der Waals surface area contributed by atoms with Crippen molar-refractivity contribution in [3.63, 3.8) is 0 Å². The summed E-state index contributed by atoms with van der Waals surface area (Å²) >= 11 is 0. The maximum Gasteiger partial charge on any atom is 0.258 e. The van der Waals surface area contributed by atoms with Crippen molar-refractivity contribution in [3.05, 3.63) is 66.1 Å². The van der Waals surface area contributed by atoms with Gasteiger partial charge < -0.3 is 9.42 Å². The maximum atomic E-state index is 12.7. The normalized spacial score (nSPS) is 10.5. The van der Waals surface area contributed by atoms with Gasteiger partial charge in [0.1, 0.15) is 0 Å². The van der Waals surface area contributed by atoms with E-state index in [1.165, 1.54) is 0 Å². The molecule has 0 fully saturated rings. The number of hydrogen-bond acceptors (Lipinski definition) is 4. The molecule has 0 radical (unpaired) electrons. The Balaban J connectivity index is 1.85. The molecule has 0 bridgehead atoms. The number of rotatable bonds is 4. The number of para-hydroxylation sites is 1. The summed E-state index contributed by atoms with van der Waals surface area (Å²) in [6.07, 6.45) is 0.